The minimum absolute atomic E-state index is 0.260. The van der Waals surface area contributed by atoms with E-state index in [2.05, 4.69) is 21.3 Å². The van der Waals surface area contributed by atoms with Crippen LogP contribution in [0.4, 0.5) is 19.2 Å². The molecule has 12 nitrogen and oxygen atoms in total. The van der Waals surface area contributed by atoms with Crippen molar-refractivity contribution in [3.8, 4) is 17.2 Å². The van der Waals surface area contributed by atoms with Gasteiger partial charge < -0.3 is 40.2 Å². The van der Waals surface area contributed by atoms with Gasteiger partial charge in [-0.2, -0.15) is 0 Å². The molecule has 0 fully saturated rings. The lowest BCUT2D eigenvalue weighted by Crippen LogP contribution is -2.38. The smallest absolute Gasteiger partial charge is 0.412 e. The van der Waals surface area contributed by atoms with Crippen LogP contribution in [-0.2, 0) is 10.3 Å². The minimum Gasteiger partial charge on any atom is -0.428 e. The maximum absolute atomic E-state index is 12.7. The molecule has 39 heavy (non-hydrogen) atoms. The lowest BCUT2D eigenvalue weighted by molar-refractivity contribution is 0.0683. The Kier molecular flexibility index (Phi) is 9.30. The number of carbonyl (C=O) groups is 4. The van der Waals surface area contributed by atoms with Crippen LogP contribution in [0.2, 0.25) is 0 Å². The van der Waals surface area contributed by atoms with Crippen LogP contribution < -0.4 is 35.5 Å². The van der Waals surface area contributed by atoms with Gasteiger partial charge in [-0.15, -0.1) is 0 Å². The van der Waals surface area contributed by atoms with Gasteiger partial charge in [0.1, 0.15) is 17.2 Å². The molecule has 0 aliphatic rings. The van der Waals surface area contributed by atoms with Gasteiger partial charge in [-0.3, -0.25) is 0 Å². The lowest BCUT2D eigenvalue weighted by Gasteiger charge is -2.35. The Bertz CT molecular complexity index is 1160. The van der Waals surface area contributed by atoms with Gasteiger partial charge in [-0.05, 0) is 36.4 Å². The van der Waals surface area contributed by atoms with Gasteiger partial charge in [0, 0.05) is 44.9 Å². The van der Waals surface area contributed by atoms with Crippen molar-refractivity contribution in [3.05, 3.63) is 89.5 Å². The van der Waals surface area contributed by atoms with Crippen LogP contribution in [0.5, 0.6) is 17.2 Å². The van der Waals surface area contributed by atoms with Gasteiger partial charge in [-0.25, -0.2) is 19.2 Å². The summed E-state index contributed by atoms with van der Waals surface area (Å²) in [5, 5.41) is 9.58. The van der Waals surface area contributed by atoms with Crippen molar-refractivity contribution in [1.29, 1.82) is 0 Å². The van der Waals surface area contributed by atoms with Gasteiger partial charge in [0.15, 0.2) is 5.60 Å². The Morgan fingerprint density at radius 3 is 0.949 bits per heavy atom. The SMILES string of the molecule is CNC(=O)Oc1ccc(C(OC(=O)NC)(c2ccc(OC(=O)NC)cc2)c2ccc(OC(=O)NC)cc2)cc1. The van der Waals surface area contributed by atoms with Crippen LogP contribution in [0.3, 0.4) is 0 Å². The largest absolute Gasteiger partial charge is 0.428 e. The molecule has 0 heterocycles. The average Bonchev–Trinajstić information content (AvgIpc) is 2.96. The molecule has 4 N–H and O–H groups in total. The molecular weight excluding hydrogens is 508 g/mol. The molecule has 0 radical (unpaired) electrons. The number of alkyl carbamates (subject to hydrolysis) is 1. The number of carbonyl (C=O) groups excluding carboxylic acids is 4. The third kappa shape index (κ3) is 6.74. The van der Waals surface area contributed by atoms with E-state index in [9.17, 15) is 19.2 Å². The van der Waals surface area contributed by atoms with Crippen molar-refractivity contribution in [3.63, 3.8) is 0 Å². The van der Waals surface area contributed by atoms with Crippen LogP contribution in [0.25, 0.3) is 0 Å². The van der Waals surface area contributed by atoms with Gasteiger partial charge in [0.25, 0.3) is 0 Å². The van der Waals surface area contributed by atoms with Crippen molar-refractivity contribution in [2.75, 3.05) is 28.2 Å². The fourth-order valence-electron chi connectivity index (χ4n) is 3.61. The van der Waals surface area contributed by atoms with Crippen molar-refractivity contribution in [2.24, 2.45) is 0 Å². The van der Waals surface area contributed by atoms with Crippen molar-refractivity contribution in [1.82, 2.24) is 21.3 Å². The molecule has 204 valence electrons. The summed E-state index contributed by atoms with van der Waals surface area (Å²) < 4.78 is 21.6. The first kappa shape index (κ1) is 28.3. The third-order valence-electron chi connectivity index (χ3n) is 5.48. The van der Waals surface area contributed by atoms with E-state index in [0.29, 0.717) is 16.7 Å². The van der Waals surface area contributed by atoms with E-state index < -0.39 is 30.0 Å². The maximum atomic E-state index is 12.7. The first-order valence-corrected chi connectivity index (χ1v) is 11.7. The first-order valence-electron chi connectivity index (χ1n) is 11.7. The Balaban J connectivity index is 2.19. The predicted octanol–water partition coefficient (Wildman–Crippen LogP) is 3.49. The van der Waals surface area contributed by atoms with Gasteiger partial charge in [0.2, 0.25) is 0 Å². The van der Waals surface area contributed by atoms with E-state index in [1.807, 2.05) is 0 Å². The van der Waals surface area contributed by atoms with Crippen LogP contribution in [-0.4, -0.2) is 52.6 Å². The molecule has 4 amide bonds. The summed E-state index contributed by atoms with van der Waals surface area (Å²) in [7, 11) is 5.74. The number of rotatable bonds is 7. The highest BCUT2D eigenvalue weighted by atomic mass is 16.6. The van der Waals surface area contributed by atoms with E-state index in [0.717, 1.165) is 0 Å². The summed E-state index contributed by atoms with van der Waals surface area (Å²) in [5.41, 5.74) is -0.0520. The van der Waals surface area contributed by atoms with E-state index in [4.69, 9.17) is 18.9 Å². The van der Waals surface area contributed by atoms with Crippen molar-refractivity contribution < 1.29 is 38.1 Å². The highest BCUT2D eigenvalue weighted by Crippen LogP contribution is 2.42. The van der Waals surface area contributed by atoms with E-state index >= 15 is 0 Å². The molecule has 3 rings (SSSR count). The Morgan fingerprint density at radius 2 is 0.718 bits per heavy atom. The zero-order chi connectivity index (χ0) is 28.4. The first-order chi connectivity index (χ1) is 18.7. The molecule has 0 aliphatic carbocycles. The molecular formula is C27H28N4O8. The van der Waals surface area contributed by atoms with Crippen LogP contribution in [0.1, 0.15) is 16.7 Å². The maximum Gasteiger partial charge on any atom is 0.412 e. The summed E-state index contributed by atoms with van der Waals surface area (Å²) in [6.07, 6.45) is -2.67. The van der Waals surface area contributed by atoms with Gasteiger partial charge >= 0.3 is 24.4 Å². The topological polar surface area (TPSA) is 153 Å². The number of hydrogen-bond donors (Lipinski definition) is 4. The van der Waals surface area contributed by atoms with Crippen molar-refractivity contribution in [2.45, 2.75) is 5.60 Å². The summed E-state index contributed by atoms with van der Waals surface area (Å²) in [4.78, 5) is 47.7. The molecule has 3 aromatic rings. The predicted molar refractivity (Wildman–Crippen MR) is 140 cm³/mol. The van der Waals surface area contributed by atoms with Crippen LogP contribution >= 0.6 is 0 Å². The van der Waals surface area contributed by atoms with Gasteiger partial charge in [0.05, 0.1) is 0 Å². The number of ether oxygens (including phenoxy) is 4. The van der Waals surface area contributed by atoms with Crippen LogP contribution in [0.15, 0.2) is 72.8 Å². The molecule has 12 heteroatoms. The Labute approximate surface area is 224 Å². The monoisotopic (exact) mass is 536 g/mol. The van der Waals surface area contributed by atoms with E-state index in [-0.39, 0.29) is 17.2 Å². The second kappa shape index (κ2) is 12.8. The highest BCUT2D eigenvalue weighted by molar-refractivity contribution is 5.72. The number of amides is 4. The Hall–Kier alpha value is -5.26. The zero-order valence-corrected chi connectivity index (χ0v) is 21.7. The number of nitrogens with one attached hydrogen (secondary N) is 4. The summed E-state index contributed by atoms with van der Waals surface area (Å²) in [6, 6.07) is 19.2. The van der Waals surface area contributed by atoms with Crippen LogP contribution in [0, 0.1) is 0 Å². The molecule has 0 saturated heterocycles. The minimum atomic E-state index is -1.54. The fraction of sp³-hybridized carbons (Fsp3) is 0.185. The zero-order valence-electron chi connectivity index (χ0n) is 21.7. The molecule has 0 saturated carbocycles. The van der Waals surface area contributed by atoms with E-state index in [1.165, 1.54) is 28.2 Å². The summed E-state index contributed by atoms with van der Waals surface area (Å²) in [6.45, 7) is 0. The summed E-state index contributed by atoms with van der Waals surface area (Å²) >= 11 is 0. The fourth-order valence-corrected chi connectivity index (χ4v) is 3.61. The normalized spacial score (nSPS) is 10.5. The summed E-state index contributed by atoms with van der Waals surface area (Å²) in [5.74, 6) is 0.779. The molecule has 0 aromatic heterocycles. The Morgan fingerprint density at radius 1 is 0.462 bits per heavy atom. The standard InChI is InChI=1S/C27H28N4O8/c1-28-23(32)36-20-11-5-17(6-12-20)27(39-26(35)31-4,18-7-13-21(14-8-18)37-24(33)29-2)19-9-15-22(16-10-19)38-25(34)30-3/h5-16H,1-4H3,(H,28,32)(H,29,33)(H,30,34)(H,31,35). The number of benzene rings is 3. The highest BCUT2D eigenvalue weighted by Gasteiger charge is 2.41. The third-order valence-corrected chi connectivity index (χ3v) is 5.48. The lowest BCUT2D eigenvalue weighted by atomic mass is 9.80. The second-order valence-corrected chi connectivity index (χ2v) is 7.81. The van der Waals surface area contributed by atoms with Gasteiger partial charge in [-0.1, -0.05) is 36.4 Å². The van der Waals surface area contributed by atoms with Crippen molar-refractivity contribution >= 4 is 24.4 Å². The molecule has 0 bridgehead atoms. The molecule has 0 aliphatic heterocycles. The quantitative estimate of drug-likeness (QED) is 0.335. The molecule has 0 atom stereocenters. The number of hydrogen-bond acceptors (Lipinski definition) is 8. The van der Waals surface area contributed by atoms with E-state index in [1.54, 1.807) is 72.8 Å². The molecule has 3 aromatic carbocycles. The molecule has 0 unspecified atom stereocenters. The average molecular weight is 537 g/mol. The second-order valence-electron chi connectivity index (χ2n) is 7.81. The molecule has 0 spiro atoms.